The van der Waals surface area contributed by atoms with Gasteiger partial charge in [0, 0.05) is 10.9 Å². The predicted molar refractivity (Wildman–Crippen MR) is 98.5 cm³/mol. The van der Waals surface area contributed by atoms with Crippen LogP contribution in [0.25, 0.3) is 10.6 Å². The molecule has 1 aromatic carbocycles. The molecule has 2 N–H and O–H groups in total. The van der Waals surface area contributed by atoms with E-state index in [4.69, 9.17) is 5.26 Å². The summed E-state index contributed by atoms with van der Waals surface area (Å²) in [6.07, 6.45) is 1.81. The zero-order chi connectivity index (χ0) is 17.7. The first-order valence-corrected chi connectivity index (χ1v) is 10.7. The Balaban J connectivity index is 1.58. The summed E-state index contributed by atoms with van der Waals surface area (Å²) >= 11 is 1.47. The Bertz CT molecular complexity index is 848. The molecule has 6 nitrogen and oxygen atoms in total. The van der Waals surface area contributed by atoms with Crippen molar-refractivity contribution in [1.82, 2.24) is 15.0 Å². The summed E-state index contributed by atoms with van der Waals surface area (Å²) in [6.45, 7) is 1.99. The van der Waals surface area contributed by atoms with Crippen LogP contribution in [0.3, 0.4) is 0 Å². The van der Waals surface area contributed by atoms with Crippen molar-refractivity contribution in [3.8, 4) is 16.6 Å². The van der Waals surface area contributed by atoms with E-state index in [1.54, 1.807) is 12.1 Å². The van der Waals surface area contributed by atoms with Crippen LogP contribution in [-0.2, 0) is 16.6 Å². The van der Waals surface area contributed by atoms with Gasteiger partial charge in [-0.25, -0.2) is 18.1 Å². The van der Waals surface area contributed by atoms with Gasteiger partial charge in [0.1, 0.15) is 5.01 Å². The molecule has 0 amide bonds. The number of nitriles is 1. The number of nitrogens with zero attached hydrogens (tertiary/aromatic N) is 2. The van der Waals surface area contributed by atoms with Crippen LogP contribution in [0.5, 0.6) is 0 Å². The molecule has 0 spiro atoms. The summed E-state index contributed by atoms with van der Waals surface area (Å²) in [5.74, 6) is 0.407. The number of sulfonamides is 1. The van der Waals surface area contributed by atoms with E-state index in [0.717, 1.165) is 36.5 Å². The lowest BCUT2D eigenvalue weighted by molar-refractivity contribution is 0.400. The molecule has 0 atom stereocenters. The van der Waals surface area contributed by atoms with Gasteiger partial charge < -0.3 is 5.32 Å². The van der Waals surface area contributed by atoms with Gasteiger partial charge in [-0.15, -0.1) is 11.3 Å². The summed E-state index contributed by atoms with van der Waals surface area (Å²) < 4.78 is 27.1. The van der Waals surface area contributed by atoms with Gasteiger partial charge in [0.25, 0.3) is 0 Å². The molecule has 1 aliphatic heterocycles. The number of aromatic nitrogens is 1. The van der Waals surface area contributed by atoms with Gasteiger partial charge in [-0.1, -0.05) is 12.1 Å². The maximum atomic E-state index is 12.2. The second kappa shape index (κ2) is 8.06. The maximum absolute atomic E-state index is 12.2. The Hall–Kier alpha value is -1.79. The van der Waals surface area contributed by atoms with Gasteiger partial charge in [0.15, 0.2) is 0 Å². The number of piperidine rings is 1. The average Bonchev–Trinajstić information content (AvgIpc) is 3.10. The number of rotatable bonds is 6. The summed E-state index contributed by atoms with van der Waals surface area (Å²) in [7, 11) is -3.29. The van der Waals surface area contributed by atoms with Crippen LogP contribution in [0.2, 0.25) is 0 Å². The molecule has 132 valence electrons. The molecule has 0 saturated carbocycles. The molecule has 8 heteroatoms. The molecule has 25 heavy (non-hydrogen) atoms. The number of hydrogen-bond donors (Lipinski definition) is 2. The van der Waals surface area contributed by atoms with E-state index in [-0.39, 0.29) is 18.2 Å². The van der Waals surface area contributed by atoms with Crippen molar-refractivity contribution >= 4 is 21.4 Å². The number of hydrogen-bond acceptors (Lipinski definition) is 6. The van der Waals surface area contributed by atoms with Crippen LogP contribution < -0.4 is 10.0 Å². The topological polar surface area (TPSA) is 94.9 Å². The normalized spacial score (nSPS) is 15.8. The fraction of sp³-hybridized carbons (Fsp3) is 0.412. The highest BCUT2D eigenvalue weighted by Crippen LogP contribution is 2.24. The Kier molecular flexibility index (Phi) is 5.81. The highest BCUT2D eigenvalue weighted by atomic mass is 32.2. The van der Waals surface area contributed by atoms with Crippen molar-refractivity contribution in [3.63, 3.8) is 0 Å². The fourth-order valence-corrected chi connectivity index (χ4v) is 5.08. The first-order valence-electron chi connectivity index (χ1n) is 8.19. The standard InChI is InChI=1S/C17H20N4O2S2/c18-9-13-1-3-15(4-2-13)17-21-16(11-24-17)10-20-25(22,23)12-14-5-7-19-8-6-14/h1-4,11,14,19-20H,5-8,10,12H2. The monoisotopic (exact) mass is 376 g/mol. The first-order chi connectivity index (χ1) is 12.1. The van der Waals surface area contributed by atoms with E-state index < -0.39 is 10.0 Å². The smallest absolute Gasteiger partial charge is 0.212 e. The third kappa shape index (κ3) is 5.09. The molecular weight excluding hydrogens is 356 g/mol. The van der Waals surface area contributed by atoms with E-state index in [1.807, 2.05) is 17.5 Å². The van der Waals surface area contributed by atoms with Crippen molar-refractivity contribution in [1.29, 1.82) is 5.26 Å². The first kappa shape index (κ1) is 18.0. The Morgan fingerprint density at radius 3 is 2.68 bits per heavy atom. The lowest BCUT2D eigenvalue weighted by atomic mass is 10.0. The SMILES string of the molecule is N#Cc1ccc(-c2nc(CNS(=O)(=O)CC3CCNCC3)cs2)cc1. The van der Waals surface area contributed by atoms with Gasteiger partial charge in [0.05, 0.1) is 29.6 Å². The van der Waals surface area contributed by atoms with Gasteiger partial charge in [0.2, 0.25) is 10.0 Å². The van der Waals surface area contributed by atoms with Crippen LogP contribution in [0.1, 0.15) is 24.1 Å². The Morgan fingerprint density at radius 1 is 1.28 bits per heavy atom. The number of nitrogens with one attached hydrogen (secondary N) is 2. The Morgan fingerprint density at radius 2 is 2.00 bits per heavy atom. The largest absolute Gasteiger partial charge is 0.317 e. The van der Waals surface area contributed by atoms with Crippen molar-refractivity contribution < 1.29 is 8.42 Å². The minimum absolute atomic E-state index is 0.182. The van der Waals surface area contributed by atoms with E-state index in [0.29, 0.717) is 11.3 Å². The molecule has 1 saturated heterocycles. The molecule has 1 aromatic heterocycles. The van der Waals surface area contributed by atoms with E-state index >= 15 is 0 Å². The summed E-state index contributed by atoms with van der Waals surface area (Å²) in [5, 5.41) is 14.8. The lowest BCUT2D eigenvalue weighted by Gasteiger charge is -2.22. The minimum Gasteiger partial charge on any atom is -0.317 e. The van der Waals surface area contributed by atoms with E-state index in [1.165, 1.54) is 11.3 Å². The summed E-state index contributed by atoms with van der Waals surface area (Å²) in [6, 6.07) is 9.28. The second-order valence-electron chi connectivity index (χ2n) is 6.13. The highest BCUT2D eigenvalue weighted by Gasteiger charge is 2.21. The van der Waals surface area contributed by atoms with Crippen molar-refractivity contribution in [2.75, 3.05) is 18.8 Å². The molecule has 0 aliphatic carbocycles. The molecular formula is C17H20N4O2S2. The van der Waals surface area contributed by atoms with Crippen LogP contribution >= 0.6 is 11.3 Å². The molecule has 0 radical (unpaired) electrons. The van der Waals surface area contributed by atoms with Crippen LogP contribution in [0.15, 0.2) is 29.6 Å². The van der Waals surface area contributed by atoms with E-state index in [9.17, 15) is 8.42 Å². The summed E-state index contributed by atoms with van der Waals surface area (Å²) in [5.41, 5.74) is 2.23. The number of thiazole rings is 1. The minimum atomic E-state index is -3.29. The maximum Gasteiger partial charge on any atom is 0.212 e. The highest BCUT2D eigenvalue weighted by molar-refractivity contribution is 7.89. The fourth-order valence-electron chi connectivity index (χ4n) is 2.81. The zero-order valence-electron chi connectivity index (χ0n) is 13.7. The van der Waals surface area contributed by atoms with Gasteiger partial charge in [-0.2, -0.15) is 5.26 Å². The third-order valence-electron chi connectivity index (χ3n) is 4.20. The van der Waals surface area contributed by atoms with Crippen LogP contribution in [0.4, 0.5) is 0 Å². The van der Waals surface area contributed by atoms with Crippen molar-refractivity contribution in [3.05, 3.63) is 40.9 Å². The van der Waals surface area contributed by atoms with Crippen LogP contribution in [0, 0.1) is 17.2 Å². The van der Waals surface area contributed by atoms with Gasteiger partial charge >= 0.3 is 0 Å². The molecule has 0 unspecified atom stereocenters. The zero-order valence-corrected chi connectivity index (χ0v) is 15.4. The molecule has 0 bridgehead atoms. The molecule has 1 fully saturated rings. The predicted octanol–water partition coefficient (Wildman–Crippen LogP) is 2.10. The Labute approximate surface area is 152 Å². The lowest BCUT2D eigenvalue weighted by Crippen LogP contribution is -2.35. The van der Waals surface area contributed by atoms with E-state index in [2.05, 4.69) is 21.1 Å². The number of benzene rings is 1. The van der Waals surface area contributed by atoms with Crippen molar-refractivity contribution in [2.24, 2.45) is 5.92 Å². The molecule has 2 aromatic rings. The summed E-state index contributed by atoms with van der Waals surface area (Å²) in [4.78, 5) is 4.48. The second-order valence-corrected chi connectivity index (χ2v) is 8.84. The quantitative estimate of drug-likeness (QED) is 0.805. The van der Waals surface area contributed by atoms with Crippen LogP contribution in [-0.4, -0.2) is 32.2 Å². The molecule has 3 rings (SSSR count). The third-order valence-corrected chi connectivity index (χ3v) is 6.63. The molecule has 1 aliphatic rings. The average molecular weight is 377 g/mol. The van der Waals surface area contributed by atoms with Gasteiger partial charge in [-0.3, -0.25) is 0 Å². The van der Waals surface area contributed by atoms with Gasteiger partial charge in [-0.05, 0) is 44.0 Å². The molecule has 2 heterocycles. The van der Waals surface area contributed by atoms with Crippen molar-refractivity contribution in [2.45, 2.75) is 19.4 Å².